The van der Waals surface area contributed by atoms with Crippen molar-refractivity contribution < 1.29 is 4.79 Å². The fourth-order valence-corrected chi connectivity index (χ4v) is 1.59. The van der Waals surface area contributed by atoms with E-state index in [4.69, 9.17) is 0 Å². The highest BCUT2D eigenvalue weighted by Gasteiger charge is 2.11. The summed E-state index contributed by atoms with van der Waals surface area (Å²) in [5.74, 6) is 0.487. The molecule has 0 fully saturated rings. The second-order valence-corrected chi connectivity index (χ2v) is 4.60. The van der Waals surface area contributed by atoms with E-state index in [1.165, 1.54) is 0 Å². The molecule has 0 bridgehead atoms. The second kappa shape index (κ2) is 6.74. The van der Waals surface area contributed by atoms with Crippen LogP contribution < -0.4 is 10.6 Å². The molecule has 2 aromatic heterocycles. The summed E-state index contributed by atoms with van der Waals surface area (Å²) >= 11 is 0. The van der Waals surface area contributed by atoms with Gasteiger partial charge in [-0.3, -0.25) is 10.1 Å². The van der Waals surface area contributed by atoms with Gasteiger partial charge in [-0.25, -0.2) is 9.97 Å². The zero-order chi connectivity index (χ0) is 15.2. The van der Waals surface area contributed by atoms with Crippen molar-refractivity contribution in [3.8, 4) is 0 Å². The zero-order valence-electron chi connectivity index (χ0n) is 12.3. The van der Waals surface area contributed by atoms with Gasteiger partial charge in [0, 0.05) is 6.54 Å². The van der Waals surface area contributed by atoms with E-state index in [1.807, 2.05) is 19.9 Å². The number of amides is 1. The largest absolute Gasteiger partial charge is 0.370 e. The third-order valence-corrected chi connectivity index (χ3v) is 2.86. The van der Waals surface area contributed by atoms with Gasteiger partial charge in [-0.15, -0.1) is 5.10 Å². The second-order valence-electron chi connectivity index (χ2n) is 4.60. The van der Waals surface area contributed by atoms with Crippen LogP contribution >= 0.6 is 0 Å². The van der Waals surface area contributed by atoms with Crippen LogP contribution in [0.3, 0.4) is 0 Å². The quantitative estimate of drug-likeness (QED) is 0.872. The van der Waals surface area contributed by atoms with Crippen LogP contribution in [-0.4, -0.2) is 32.6 Å². The molecule has 2 rings (SSSR count). The maximum atomic E-state index is 12.1. The summed E-state index contributed by atoms with van der Waals surface area (Å²) in [6.45, 7) is 6.49. The van der Waals surface area contributed by atoms with E-state index >= 15 is 0 Å². The van der Waals surface area contributed by atoms with Gasteiger partial charge in [-0.2, -0.15) is 5.10 Å². The zero-order valence-corrected chi connectivity index (χ0v) is 12.3. The maximum Gasteiger partial charge on any atom is 0.276 e. The van der Waals surface area contributed by atoms with E-state index in [-0.39, 0.29) is 11.9 Å². The van der Waals surface area contributed by atoms with Gasteiger partial charge in [0.05, 0.1) is 11.4 Å². The lowest BCUT2D eigenvalue weighted by molar-refractivity contribution is 0.102. The Kier molecular flexibility index (Phi) is 4.76. The number of pyridine rings is 1. The molecule has 7 heteroatoms. The molecular weight excluding hydrogens is 268 g/mol. The molecule has 2 N–H and O–H groups in total. The monoisotopic (exact) mass is 286 g/mol. The summed E-state index contributed by atoms with van der Waals surface area (Å²) in [5.41, 5.74) is 1.77. The lowest BCUT2D eigenvalue weighted by Crippen LogP contribution is -2.17. The molecule has 0 saturated carbocycles. The Bertz CT molecular complexity index is 643. The molecule has 110 valence electrons. The predicted molar refractivity (Wildman–Crippen MR) is 80.3 cm³/mol. The van der Waals surface area contributed by atoms with E-state index in [2.05, 4.69) is 37.7 Å². The van der Waals surface area contributed by atoms with Gasteiger partial charge in [0.15, 0.2) is 0 Å². The number of carbonyl (C=O) groups excluding carboxylic acids is 1. The molecule has 0 atom stereocenters. The van der Waals surface area contributed by atoms with E-state index in [1.54, 1.807) is 12.1 Å². The molecule has 2 aromatic rings. The van der Waals surface area contributed by atoms with Crippen molar-refractivity contribution in [1.82, 2.24) is 20.2 Å². The van der Waals surface area contributed by atoms with Gasteiger partial charge in [-0.05, 0) is 32.4 Å². The fraction of sp³-hybridized carbons (Fsp3) is 0.357. The van der Waals surface area contributed by atoms with Crippen LogP contribution in [0.5, 0.6) is 0 Å². The third kappa shape index (κ3) is 3.95. The highest BCUT2D eigenvalue weighted by atomic mass is 16.2. The third-order valence-electron chi connectivity index (χ3n) is 2.86. The molecule has 2 heterocycles. The summed E-state index contributed by atoms with van der Waals surface area (Å²) in [6.07, 6.45) is 0.986. The van der Waals surface area contributed by atoms with E-state index < -0.39 is 0 Å². The average molecular weight is 286 g/mol. The highest BCUT2D eigenvalue weighted by molar-refractivity contribution is 6.02. The number of rotatable bonds is 5. The van der Waals surface area contributed by atoms with Gasteiger partial charge in [-0.1, -0.05) is 13.0 Å². The summed E-state index contributed by atoms with van der Waals surface area (Å²) in [7, 11) is 0. The van der Waals surface area contributed by atoms with Crippen molar-refractivity contribution >= 4 is 17.7 Å². The van der Waals surface area contributed by atoms with E-state index in [0.717, 1.165) is 24.4 Å². The number of carbonyl (C=O) groups is 1. The molecule has 7 nitrogen and oxygen atoms in total. The number of nitrogens with zero attached hydrogens (tertiary/aromatic N) is 4. The van der Waals surface area contributed by atoms with Crippen molar-refractivity contribution in [3.63, 3.8) is 0 Å². The summed E-state index contributed by atoms with van der Waals surface area (Å²) < 4.78 is 0. The van der Waals surface area contributed by atoms with Gasteiger partial charge >= 0.3 is 0 Å². The molecule has 0 aliphatic rings. The molecular formula is C14H18N6O. The Balaban J connectivity index is 2.10. The van der Waals surface area contributed by atoms with Crippen molar-refractivity contribution in [3.05, 3.63) is 35.3 Å². The van der Waals surface area contributed by atoms with Gasteiger partial charge in [0.2, 0.25) is 5.95 Å². The Morgan fingerprint density at radius 2 is 1.95 bits per heavy atom. The first-order chi connectivity index (χ1) is 10.1. The number of nitrogens with one attached hydrogen (secondary N) is 2. The van der Waals surface area contributed by atoms with Crippen LogP contribution in [-0.2, 0) is 0 Å². The van der Waals surface area contributed by atoms with E-state index in [9.17, 15) is 4.79 Å². The van der Waals surface area contributed by atoms with Crippen LogP contribution in [0.4, 0.5) is 11.8 Å². The molecule has 0 aliphatic heterocycles. The Morgan fingerprint density at radius 1 is 1.14 bits per heavy atom. The number of aromatic nitrogens is 4. The number of hydrogen-bond acceptors (Lipinski definition) is 6. The number of hydrogen-bond donors (Lipinski definition) is 2. The van der Waals surface area contributed by atoms with Crippen molar-refractivity contribution in [1.29, 1.82) is 0 Å². The van der Waals surface area contributed by atoms with Gasteiger partial charge < -0.3 is 5.32 Å². The maximum absolute atomic E-state index is 12.1. The number of aryl methyl sites for hydroxylation is 2. The van der Waals surface area contributed by atoms with Crippen molar-refractivity contribution in [2.75, 3.05) is 17.2 Å². The van der Waals surface area contributed by atoms with Gasteiger partial charge in [0.25, 0.3) is 5.91 Å². The minimum atomic E-state index is -0.361. The van der Waals surface area contributed by atoms with Crippen LogP contribution in [0, 0.1) is 13.8 Å². The van der Waals surface area contributed by atoms with Crippen LogP contribution in [0.25, 0.3) is 0 Å². The minimum Gasteiger partial charge on any atom is -0.370 e. The standard InChI is InChI=1S/C14H18N6O/c1-4-8-15-12-7-5-6-11(17-12)13(21)18-14-16-9(2)10(3)19-20-14/h5-7H,4,8H2,1-3H3,(H,15,17)(H,16,18,20,21). The normalized spacial score (nSPS) is 10.2. The molecule has 0 aliphatic carbocycles. The lowest BCUT2D eigenvalue weighted by Gasteiger charge is -2.07. The Morgan fingerprint density at radius 3 is 2.67 bits per heavy atom. The summed E-state index contributed by atoms with van der Waals surface area (Å²) in [6, 6.07) is 5.24. The average Bonchev–Trinajstić information content (AvgIpc) is 2.49. The molecule has 21 heavy (non-hydrogen) atoms. The SMILES string of the molecule is CCCNc1cccc(C(=O)Nc2nnc(C)c(C)n2)n1. The molecule has 0 radical (unpaired) electrons. The smallest absolute Gasteiger partial charge is 0.276 e. The first kappa shape index (κ1) is 14.8. The summed E-state index contributed by atoms with van der Waals surface area (Å²) in [4.78, 5) is 20.5. The first-order valence-electron chi connectivity index (χ1n) is 6.80. The van der Waals surface area contributed by atoms with Crippen LogP contribution in [0.15, 0.2) is 18.2 Å². The molecule has 1 amide bonds. The van der Waals surface area contributed by atoms with E-state index in [0.29, 0.717) is 11.5 Å². The fourth-order valence-electron chi connectivity index (χ4n) is 1.59. The molecule has 0 spiro atoms. The predicted octanol–water partition coefficient (Wildman–Crippen LogP) is 1.96. The highest BCUT2D eigenvalue weighted by Crippen LogP contribution is 2.08. The first-order valence-corrected chi connectivity index (χ1v) is 6.80. The van der Waals surface area contributed by atoms with Crippen LogP contribution in [0.1, 0.15) is 35.2 Å². The topological polar surface area (TPSA) is 92.7 Å². The summed E-state index contributed by atoms with van der Waals surface area (Å²) in [5, 5.41) is 13.5. The Labute approximate surface area is 123 Å². The molecule has 0 unspecified atom stereocenters. The molecule has 0 aromatic carbocycles. The van der Waals surface area contributed by atoms with Gasteiger partial charge in [0.1, 0.15) is 11.5 Å². The minimum absolute atomic E-state index is 0.178. The lowest BCUT2D eigenvalue weighted by atomic mass is 10.3. The van der Waals surface area contributed by atoms with Crippen molar-refractivity contribution in [2.45, 2.75) is 27.2 Å². The Hall–Kier alpha value is -2.57. The van der Waals surface area contributed by atoms with Crippen LogP contribution in [0.2, 0.25) is 0 Å². The number of anilines is 2. The molecule has 0 saturated heterocycles. The van der Waals surface area contributed by atoms with Crippen molar-refractivity contribution in [2.24, 2.45) is 0 Å².